The van der Waals surface area contributed by atoms with Gasteiger partial charge in [0.15, 0.2) is 0 Å². The van der Waals surface area contributed by atoms with Crippen molar-refractivity contribution in [2.24, 2.45) is 0 Å². The molecule has 0 amide bonds. The lowest BCUT2D eigenvalue weighted by molar-refractivity contribution is 0.0994. The van der Waals surface area contributed by atoms with Crippen LogP contribution in [0.2, 0.25) is 0 Å². The minimum absolute atomic E-state index is 0.177. The Morgan fingerprint density at radius 2 is 2.17 bits per heavy atom. The third-order valence-corrected chi connectivity index (χ3v) is 3.49. The summed E-state index contributed by atoms with van der Waals surface area (Å²) in [5, 5.41) is 0. The van der Waals surface area contributed by atoms with Crippen molar-refractivity contribution in [2.45, 2.75) is 6.04 Å². The summed E-state index contributed by atoms with van der Waals surface area (Å²) < 4.78 is 5.44. The fourth-order valence-corrected chi connectivity index (χ4v) is 2.43. The van der Waals surface area contributed by atoms with Gasteiger partial charge in [-0.25, -0.2) is 4.98 Å². The maximum Gasteiger partial charge on any atom is 0.148 e. The number of alkyl halides is 1. The van der Waals surface area contributed by atoms with Gasteiger partial charge in [0.1, 0.15) is 5.82 Å². The summed E-state index contributed by atoms with van der Waals surface area (Å²) in [4.78, 5) is 11.3. The normalized spacial score (nSPS) is 20.3. The van der Waals surface area contributed by atoms with Gasteiger partial charge in [0.2, 0.25) is 0 Å². The average molecular weight is 264 g/mol. The first-order valence-electron chi connectivity index (χ1n) is 6.00. The molecule has 0 saturated carbocycles. The van der Waals surface area contributed by atoms with Crippen LogP contribution in [0.5, 0.6) is 0 Å². The largest absolute Gasteiger partial charge is 0.377 e. The highest BCUT2D eigenvalue weighted by Gasteiger charge is 2.23. The summed E-state index contributed by atoms with van der Waals surface area (Å²) in [6.45, 7) is 2.17. The molecule has 1 aliphatic rings. The minimum Gasteiger partial charge on any atom is -0.377 e. The van der Waals surface area contributed by atoms with Crippen LogP contribution in [-0.4, -0.2) is 41.6 Å². The second-order valence-corrected chi connectivity index (χ2v) is 4.60. The van der Waals surface area contributed by atoms with Gasteiger partial charge < -0.3 is 9.64 Å². The third kappa shape index (κ3) is 2.13. The molecule has 0 N–H and O–H groups in total. The van der Waals surface area contributed by atoms with Crippen molar-refractivity contribution in [1.82, 2.24) is 9.97 Å². The molecule has 1 saturated heterocycles. The molecule has 0 radical (unpaired) electrons. The van der Waals surface area contributed by atoms with Crippen molar-refractivity contribution < 1.29 is 4.74 Å². The lowest BCUT2D eigenvalue weighted by atomic mass is 10.2. The zero-order valence-electron chi connectivity index (χ0n) is 9.92. The van der Waals surface area contributed by atoms with Gasteiger partial charge in [-0.3, -0.25) is 4.98 Å². The van der Waals surface area contributed by atoms with Gasteiger partial charge >= 0.3 is 0 Å². The lowest BCUT2D eigenvalue weighted by Crippen LogP contribution is -2.47. The summed E-state index contributed by atoms with van der Waals surface area (Å²) in [7, 11) is 0. The maximum absolute atomic E-state index is 5.97. The Morgan fingerprint density at radius 3 is 3.00 bits per heavy atom. The molecule has 4 nitrogen and oxygen atoms in total. The van der Waals surface area contributed by atoms with Crippen LogP contribution in [0.1, 0.15) is 0 Å². The SMILES string of the molecule is ClCC1COCCN1c1cnc2ccccc2n1. The number of nitrogens with zero attached hydrogens (tertiary/aromatic N) is 3. The van der Waals surface area contributed by atoms with E-state index >= 15 is 0 Å². The van der Waals surface area contributed by atoms with Gasteiger partial charge in [-0.15, -0.1) is 11.6 Å². The monoisotopic (exact) mass is 263 g/mol. The first kappa shape index (κ1) is 11.7. The van der Waals surface area contributed by atoms with E-state index in [1.165, 1.54) is 0 Å². The highest BCUT2D eigenvalue weighted by Crippen LogP contribution is 2.20. The summed E-state index contributed by atoms with van der Waals surface area (Å²) in [6.07, 6.45) is 1.81. The molecule has 1 aliphatic heterocycles. The molecule has 18 heavy (non-hydrogen) atoms. The smallest absolute Gasteiger partial charge is 0.148 e. The van der Waals surface area contributed by atoms with Gasteiger partial charge in [0, 0.05) is 12.4 Å². The number of hydrogen-bond donors (Lipinski definition) is 0. The maximum atomic E-state index is 5.97. The predicted octanol–water partition coefficient (Wildman–Crippen LogP) is 2.07. The average Bonchev–Trinajstić information content (AvgIpc) is 2.46. The van der Waals surface area contributed by atoms with Crippen molar-refractivity contribution in [2.75, 3.05) is 30.5 Å². The van der Waals surface area contributed by atoms with Crippen LogP contribution < -0.4 is 4.90 Å². The Morgan fingerprint density at radius 1 is 1.33 bits per heavy atom. The summed E-state index contributed by atoms with van der Waals surface area (Å²) in [6, 6.07) is 8.05. The molecular weight excluding hydrogens is 250 g/mol. The molecule has 2 aromatic rings. The minimum atomic E-state index is 0.177. The Kier molecular flexibility index (Phi) is 3.30. The highest BCUT2D eigenvalue weighted by atomic mass is 35.5. The number of anilines is 1. The van der Waals surface area contributed by atoms with Crippen LogP contribution in [0.15, 0.2) is 30.5 Å². The molecule has 5 heteroatoms. The molecule has 1 unspecified atom stereocenters. The highest BCUT2D eigenvalue weighted by molar-refractivity contribution is 6.18. The van der Waals surface area contributed by atoms with Gasteiger partial charge in [0.25, 0.3) is 0 Å². The van der Waals surface area contributed by atoms with E-state index in [1.54, 1.807) is 0 Å². The van der Waals surface area contributed by atoms with Gasteiger partial charge in [-0.1, -0.05) is 12.1 Å². The first-order valence-corrected chi connectivity index (χ1v) is 6.54. The molecule has 0 aliphatic carbocycles. The van der Waals surface area contributed by atoms with Crippen LogP contribution in [0.4, 0.5) is 5.82 Å². The Bertz CT molecular complexity index is 549. The standard InChI is InChI=1S/C13H14ClN3O/c14-7-10-9-18-6-5-17(10)13-8-15-11-3-1-2-4-12(11)16-13/h1-4,8,10H,5-7,9H2. The fraction of sp³-hybridized carbons (Fsp3) is 0.385. The Labute approximate surface area is 111 Å². The van der Waals surface area contributed by atoms with E-state index in [2.05, 4.69) is 14.9 Å². The van der Waals surface area contributed by atoms with Crippen LogP contribution in [0.3, 0.4) is 0 Å². The zero-order chi connectivity index (χ0) is 12.4. The summed E-state index contributed by atoms with van der Waals surface area (Å²) >= 11 is 5.97. The molecule has 3 rings (SSSR count). The second kappa shape index (κ2) is 5.08. The van der Waals surface area contributed by atoms with Crippen LogP contribution in [0, 0.1) is 0 Å². The number of ether oxygens (including phenoxy) is 1. The number of morpholine rings is 1. The van der Waals surface area contributed by atoms with E-state index in [4.69, 9.17) is 16.3 Å². The van der Waals surface area contributed by atoms with E-state index in [1.807, 2.05) is 30.5 Å². The molecule has 1 aromatic carbocycles. The molecular formula is C13H14ClN3O. The third-order valence-electron chi connectivity index (χ3n) is 3.14. The second-order valence-electron chi connectivity index (χ2n) is 4.29. The molecule has 1 aromatic heterocycles. The molecule has 0 spiro atoms. The van der Waals surface area contributed by atoms with Crippen molar-refractivity contribution in [1.29, 1.82) is 0 Å². The molecule has 1 atom stereocenters. The molecule has 1 fully saturated rings. The van der Waals surface area contributed by atoms with Crippen molar-refractivity contribution in [3.63, 3.8) is 0 Å². The summed E-state index contributed by atoms with van der Waals surface area (Å²) in [5.74, 6) is 1.41. The van der Waals surface area contributed by atoms with Crippen molar-refractivity contribution in [3.8, 4) is 0 Å². The van der Waals surface area contributed by atoms with Gasteiger partial charge in [-0.05, 0) is 12.1 Å². The van der Waals surface area contributed by atoms with Crippen LogP contribution in [0.25, 0.3) is 11.0 Å². The van der Waals surface area contributed by atoms with E-state index in [9.17, 15) is 0 Å². The van der Waals surface area contributed by atoms with Crippen LogP contribution >= 0.6 is 11.6 Å². The van der Waals surface area contributed by atoms with E-state index in [0.717, 1.165) is 23.4 Å². The van der Waals surface area contributed by atoms with E-state index in [0.29, 0.717) is 19.1 Å². The molecule has 2 heterocycles. The fourth-order valence-electron chi connectivity index (χ4n) is 2.17. The number of hydrogen-bond acceptors (Lipinski definition) is 4. The zero-order valence-corrected chi connectivity index (χ0v) is 10.7. The van der Waals surface area contributed by atoms with Gasteiger partial charge in [-0.2, -0.15) is 0 Å². The number of aromatic nitrogens is 2. The molecule has 94 valence electrons. The predicted molar refractivity (Wildman–Crippen MR) is 72.2 cm³/mol. The van der Waals surface area contributed by atoms with Crippen molar-refractivity contribution in [3.05, 3.63) is 30.5 Å². The Hall–Kier alpha value is -1.39. The Balaban J connectivity index is 1.97. The van der Waals surface area contributed by atoms with Gasteiger partial charge in [0.05, 0.1) is 36.5 Å². The quantitative estimate of drug-likeness (QED) is 0.778. The molecule has 0 bridgehead atoms. The van der Waals surface area contributed by atoms with Crippen molar-refractivity contribution >= 4 is 28.5 Å². The number of fused-ring (bicyclic) bond motifs is 1. The topological polar surface area (TPSA) is 38.2 Å². The van der Waals surface area contributed by atoms with E-state index in [-0.39, 0.29) is 6.04 Å². The first-order chi connectivity index (χ1) is 8.88. The number of halogens is 1. The number of rotatable bonds is 2. The lowest BCUT2D eigenvalue weighted by Gasteiger charge is -2.35. The number of benzene rings is 1. The number of para-hydroxylation sites is 2. The summed E-state index contributed by atoms with van der Waals surface area (Å²) in [5.41, 5.74) is 1.83. The van der Waals surface area contributed by atoms with Crippen LogP contribution in [-0.2, 0) is 4.74 Å². The van der Waals surface area contributed by atoms with E-state index < -0.39 is 0 Å².